The average molecular weight is 212 g/mol. The number of nitrogens with two attached hydrogens (primary N) is 1. The van der Waals surface area contributed by atoms with Crippen molar-refractivity contribution in [1.82, 2.24) is 4.90 Å². The molecule has 0 aromatic heterocycles. The summed E-state index contributed by atoms with van der Waals surface area (Å²) in [6.45, 7) is 2.29. The van der Waals surface area contributed by atoms with E-state index in [0.717, 1.165) is 38.8 Å². The monoisotopic (exact) mass is 212 g/mol. The molecule has 2 N–H and O–H groups in total. The lowest BCUT2D eigenvalue weighted by molar-refractivity contribution is -0.134. The van der Waals surface area contributed by atoms with E-state index in [2.05, 4.69) is 0 Å². The van der Waals surface area contributed by atoms with Crippen LogP contribution in [0.5, 0.6) is 0 Å². The number of hydrogen-bond acceptors (Lipinski definition) is 3. The highest BCUT2D eigenvalue weighted by atomic mass is 16.5. The molecule has 0 radical (unpaired) electrons. The smallest absolute Gasteiger partial charge is 0.225 e. The summed E-state index contributed by atoms with van der Waals surface area (Å²) in [7, 11) is 0. The van der Waals surface area contributed by atoms with Crippen molar-refractivity contribution in [2.24, 2.45) is 5.73 Å². The van der Waals surface area contributed by atoms with Crippen molar-refractivity contribution in [2.75, 3.05) is 19.7 Å². The van der Waals surface area contributed by atoms with Crippen LogP contribution < -0.4 is 5.73 Å². The van der Waals surface area contributed by atoms with Crippen LogP contribution >= 0.6 is 0 Å². The van der Waals surface area contributed by atoms with Gasteiger partial charge < -0.3 is 15.4 Å². The third kappa shape index (κ3) is 2.49. The molecule has 2 unspecified atom stereocenters. The quantitative estimate of drug-likeness (QED) is 0.741. The number of hydrogen-bond donors (Lipinski definition) is 1. The van der Waals surface area contributed by atoms with E-state index in [1.165, 1.54) is 0 Å². The van der Waals surface area contributed by atoms with E-state index in [9.17, 15) is 4.79 Å². The van der Waals surface area contributed by atoms with Crippen molar-refractivity contribution in [3.05, 3.63) is 0 Å². The Labute approximate surface area is 90.8 Å². The average Bonchev–Trinajstić information content (AvgIpc) is 2.86. The van der Waals surface area contributed by atoms with Gasteiger partial charge in [0.2, 0.25) is 5.91 Å². The SMILES string of the molecule is NCC1CCCN1C(=O)CC1CCCO1. The van der Waals surface area contributed by atoms with Gasteiger partial charge in [0.1, 0.15) is 0 Å². The van der Waals surface area contributed by atoms with Gasteiger partial charge in [0.15, 0.2) is 0 Å². The molecule has 2 saturated heterocycles. The molecule has 86 valence electrons. The molecule has 2 atom stereocenters. The van der Waals surface area contributed by atoms with E-state index in [1.54, 1.807) is 0 Å². The van der Waals surface area contributed by atoms with Crippen LogP contribution in [0.4, 0.5) is 0 Å². The Kier molecular flexibility index (Phi) is 3.59. The zero-order valence-corrected chi connectivity index (χ0v) is 9.15. The molecule has 2 rings (SSSR count). The highest BCUT2D eigenvalue weighted by Crippen LogP contribution is 2.21. The van der Waals surface area contributed by atoms with Crippen molar-refractivity contribution >= 4 is 5.91 Å². The number of ether oxygens (including phenoxy) is 1. The number of likely N-dealkylation sites (tertiary alicyclic amines) is 1. The van der Waals surface area contributed by atoms with Gasteiger partial charge in [-0.1, -0.05) is 0 Å². The first kappa shape index (κ1) is 10.9. The van der Waals surface area contributed by atoms with Crippen LogP contribution in [-0.2, 0) is 9.53 Å². The Morgan fingerprint density at radius 2 is 2.27 bits per heavy atom. The summed E-state index contributed by atoms with van der Waals surface area (Å²) < 4.78 is 5.47. The van der Waals surface area contributed by atoms with Crippen LogP contribution in [0.25, 0.3) is 0 Å². The first-order valence-electron chi connectivity index (χ1n) is 5.92. The van der Waals surface area contributed by atoms with Gasteiger partial charge in [-0.3, -0.25) is 4.79 Å². The standard InChI is InChI=1S/C11H20N2O2/c12-8-9-3-1-5-13(9)11(14)7-10-4-2-6-15-10/h9-10H,1-8,12H2. The fraction of sp³-hybridized carbons (Fsp3) is 0.909. The van der Waals surface area contributed by atoms with E-state index >= 15 is 0 Å². The van der Waals surface area contributed by atoms with Crippen LogP contribution in [0.2, 0.25) is 0 Å². The Balaban J connectivity index is 1.83. The highest BCUT2D eigenvalue weighted by Gasteiger charge is 2.29. The lowest BCUT2D eigenvalue weighted by Crippen LogP contribution is -2.41. The van der Waals surface area contributed by atoms with Gasteiger partial charge in [0.25, 0.3) is 0 Å². The van der Waals surface area contributed by atoms with Gasteiger partial charge in [-0.15, -0.1) is 0 Å². The molecular formula is C11H20N2O2. The van der Waals surface area contributed by atoms with E-state index < -0.39 is 0 Å². The highest BCUT2D eigenvalue weighted by molar-refractivity contribution is 5.77. The minimum Gasteiger partial charge on any atom is -0.378 e. The van der Waals surface area contributed by atoms with Crippen LogP contribution in [0.1, 0.15) is 32.1 Å². The summed E-state index contributed by atoms with van der Waals surface area (Å²) in [5, 5.41) is 0. The molecule has 2 heterocycles. The van der Waals surface area contributed by atoms with Gasteiger partial charge in [-0.25, -0.2) is 0 Å². The number of carbonyl (C=O) groups is 1. The largest absolute Gasteiger partial charge is 0.378 e. The minimum atomic E-state index is 0.163. The van der Waals surface area contributed by atoms with Crippen molar-refractivity contribution in [1.29, 1.82) is 0 Å². The molecular weight excluding hydrogens is 192 g/mol. The Morgan fingerprint density at radius 3 is 2.93 bits per heavy atom. The second kappa shape index (κ2) is 4.94. The third-order valence-corrected chi connectivity index (χ3v) is 3.40. The molecule has 0 saturated carbocycles. The van der Waals surface area contributed by atoms with E-state index in [1.807, 2.05) is 4.90 Å². The Morgan fingerprint density at radius 1 is 1.40 bits per heavy atom. The molecule has 1 amide bonds. The van der Waals surface area contributed by atoms with Gasteiger partial charge in [0.05, 0.1) is 12.5 Å². The zero-order chi connectivity index (χ0) is 10.7. The number of amides is 1. The molecule has 0 aliphatic carbocycles. The van der Waals surface area contributed by atoms with Gasteiger partial charge in [0, 0.05) is 25.7 Å². The number of nitrogens with zero attached hydrogens (tertiary/aromatic N) is 1. The lowest BCUT2D eigenvalue weighted by atomic mass is 10.1. The van der Waals surface area contributed by atoms with Crippen molar-refractivity contribution in [3.8, 4) is 0 Å². The maximum atomic E-state index is 12.0. The summed E-state index contributed by atoms with van der Waals surface area (Å²) in [4.78, 5) is 13.9. The summed E-state index contributed by atoms with van der Waals surface area (Å²) in [6.07, 6.45) is 5.01. The molecule has 4 heteroatoms. The Bertz CT molecular complexity index is 227. The van der Waals surface area contributed by atoms with Crippen molar-refractivity contribution in [2.45, 2.75) is 44.2 Å². The summed E-state index contributed by atoms with van der Waals surface area (Å²) in [6, 6.07) is 0.277. The molecule has 4 nitrogen and oxygen atoms in total. The molecule has 0 aromatic carbocycles. The zero-order valence-electron chi connectivity index (χ0n) is 9.15. The predicted molar refractivity (Wildman–Crippen MR) is 57.4 cm³/mol. The number of carbonyl (C=O) groups excluding carboxylic acids is 1. The molecule has 0 aromatic rings. The van der Waals surface area contributed by atoms with Gasteiger partial charge >= 0.3 is 0 Å². The third-order valence-electron chi connectivity index (χ3n) is 3.40. The topological polar surface area (TPSA) is 55.6 Å². The lowest BCUT2D eigenvalue weighted by Gasteiger charge is -2.24. The number of rotatable bonds is 3. The fourth-order valence-corrected chi connectivity index (χ4v) is 2.53. The minimum absolute atomic E-state index is 0.163. The van der Waals surface area contributed by atoms with Crippen LogP contribution in [0, 0.1) is 0 Å². The van der Waals surface area contributed by atoms with Crippen molar-refractivity contribution < 1.29 is 9.53 Å². The maximum absolute atomic E-state index is 12.0. The van der Waals surface area contributed by atoms with Gasteiger partial charge in [-0.05, 0) is 25.7 Å². The normalized spacial score (nSPS) is 31.1. The van der Waals surface area contributed by atoms with Crippen LogP contribution in [0.15, 0.2) is 0 Å². The van der Waals surface area contributed by atoms with Crippen LogP contribution in [-0.4, -0.2) is 42.6 Å². The maximum Gasteiger partial charge on any atom is 0.225 e. The van der Waals surface area contributed by atoms with E-state index in [0.29, 0.717) is 13.0 Å². The van der Waals surface area contributed by atoms with E-state index in [-0.39, 0.29) is 18.1 Å². The molecule has 2 fully saturated rings. The summed E-state index contributed by atoms with van der Waals surface area (Å²) >= 11 is 0. The van der Waals surface area contributed by atoms with Gasteiger partial charge in [-0.2, -0.15) is 0 Å². The molecule has 15 heavy (non-hydrogen) atoms. The molecule has 2 aliphatic heterocycles. The summed E-state index contributed by atoms with van der Waals surface area (Å²) in [5.74, 6) is 0.231. The second-order valence-corrected chi connectivity index (χ2v) is 4.46. The van der Waals surface area contributed by atoms with E-state index in [4.69, 9.17) is 10.5 Å². The molecule has 0 spiro atoms. The first-order chi connectivity index (χ1) is 7.31. The predicted octanol–water partition coefficient (Wildman–Crippen LogP) is 0.505. The summed E-state index contributed by atoms with van der Waals surface area (Å²) in [5.41, 5.74) is 5.65. The Hall–Kier alpha value is -0.610. The van der Waals surface area contributed by atoms with Crippen LogP contribution in [0.3, 0.4) is 0 Å². The second-order valence-electron chi connectivity index (χ2n) is 4.46. The molecule has 0 bridgehead atoms. The van der Waals surface area contributed by atoms with Crippen molar-refractivity contribution in [3.63, 3.8) is 0 Å². The molecule has 2 aliphatic rings. The fourth-order valence-electron chi connectivity index (χ4n) is 2.53. The first-order valence-corrected chi connectivity index (χ1v) is 5.92.